The van der Waals surface area contributed by atoms with Gasteiger partial charge in [0.05, 0.1) is 16.6 Å². The zero-order valence-corrected chi connectivity index (χ0v) is 13.2. The van der Waals surface area contributed by atoms with Gasteiger partial charge in [-0.05, 0) is 24.6 Å². The van der Waals surface area contributed by atoms with Gasteiger partial charge in [0.15, 0.2) is 0 Å². The third-order valence-corrected chi connectivity index (χ3v) is 4.66. The molecule has 0 saturated carbocycles. The molecule has 0 aliphatic heterocycles. The number of aryl methyl sites for hydroxylation is 1. The van der Waals surface area contributed by atoms with E-state index in [-0.39, 0.29) is 16.1 Å². The molecule has 7 heteroatoms. The van der Waals surface area contributed by atoms with Crippen LogP contribution in [0.1, 0.15) is 17.4 Å². The third kappa shape index (κ3) is 2.67. The highest BCUT2D eigenvalue weighted by molar-refractivity contribution is 7.18. The summed E-state index contributed by atoms with van der Waals surface area (Å²) in [4.78, 5) is 18.3. The fourth-order valence-corrected chi connectivity index (χ4v) is 3.11. The van der Waals surface area contributed by atoms with Crippen molar-refractivity contribution in [3.63, 3.8) is 0 Å². The predicted molar refractivity (Wildman–Crippen MR) is 87.7 cm³/mol. The summed E-state index contributed by atoms with van der Waals surface area (Å²) in [6.45, 7) is 2.02. The summed E-state index contributed by atoms with van der Waals surface area (Å²) in [5.74, 6) is -0.498. The molecule has 112 valence electrons. The zero-order valence-electron chi connectivity index (χ0n) is 11.6. The molecule has 3 aromatic rings. The molecule has 1 aromatic carbocycles. The molecule has 2 aromatic heterocycles. The summed E-state index contributed by atoms with van der Waals surface area (Å²) in [6.07, 6.45) is 3.39. The highest BCUT2D eigenvalue weighted by atomic mass is 35.5. The van der Waals surface area contributed by atoms with E-state index in [2.05, 4.69) is 10.1 Å². The summed E-state index contributed by atoms with van der Waals surface area (Å²) in [5, 5.41) is 4.73. The minimum Gasteiger partial charge on any atom is -0.267 e. The molecule has 0 fully saturated rings. The number of hydrogen-bond acceptors (Lipinski definition) is 4. The lowest BCUT2D eigenvalue weighted by molar-refractivity contribution is 0.625. The molecular formula is C15H11ClFN3OS. The summed E-state index contributed by atoms with van der Waals surface area (Å²) in [6, 6.07) is 6.16. The average Bonchev–Trinajstić information content (AvgIpc) is 2.93. The van der Waals surface area contributed by atoms with Gasteiger partial charge in [0.2, 0.25) is 0 Å². The number of rotatable bonds is 3. The predicted octanol–water partition coefficient (Wildman–Crippen LogP) is 3.70. The van der Waals surface area contributed by atoms with Crippen molar-refractivity contribution >= 4 is 39.4 Å². The van der Waals surface area contributed by atoms with Crippen LogP contribution in [0.2, 0.25) is 5.02 Å². The van der Waals surface area contributed by atoms with Crippen LogP contribution in [0.25, 0.3) is 10.2 Å². The summed E-state index contributed by atoms with van der Waals surface area (Å²) < 4.78 is 14.8. The number of hydrogen-bond donors (Lipinski definition) is 0. The molecule has 3 rings (SSSR count). The van der Waals surface area contributed by atoms with Crippen LogP contribution in [-0.2, 0) is 6.42 Å². The van der Waals surface area contributed by atoms with Crippen molar-refractivity contribution in [3.05, 3.63) is 62.2 Å². The van der Waals surface area contributed by atoms with Gasteiger partial charge in [-0.2, -0.15) is 9.78 Å². The lowest BCUT2D eigenvalue weighted by Gasteiger charge is -2.00. The van der Waals surface area contributed by atoms with Gasteiger partial charge in [0.1, 0.15) is 17.0 Å². The number of thiophene rings is 1. The highest BCUT2D eigenvalue weighted by Gasteiger charge is 2.08. The number of halogens is 2. The molecule has 4 nitrogen and oxygen atoms in total. The Hall–Kier alpha value is -2.05. The van der Waals surface area contributed by atoms with E-state index in [1.54, 1.807) is 6.07 Å². The quantitative estimate of drug-likeness (QED) is 0.685. The molecule has 0 radical (unpaired) electrons. The van der Waals surface area contributed by atoms with E-state index < -0.39 is 5.82 Å². The lowest BCUT2D eigenvalue weighted by Crippen LogP contribution is -2.16. The van der Waals surface area contributed by atoms with E-state index >= 15 is 0 Å². The monoisotopic (exact) mass is 335 g/mol. The van der Waals surface area contributed by atoms with Gasteiger partial charge >= 0.3 is 0 Å². The minimum absolute atomic E-state index is 0.135. The molecule has 0 unspecified atom stereocenters. The lowest BCUT2D eigenvalue weighted by atomic mass is 10.2. The van der Waals surface area contributed by atoms with Gasteiger partial charge in [-0.15, -0.1) is 11.3 Å². The summed E-state index contributed by atoms with van der Waals surface area (Å²) in [7, 11) is 0. The van der Waals surface area contributed by atoms with E-state index in [1.165, 1.54) is 36.0 Å². The third-order valence-electron chi connectivity index (χ3n) is 3.15. The Labute approximate surface area is 134 Å². The van der Waals surface area contributed by atoms with Crippen LogP contribution in [0.3, 0.4) is 0 Å². The second-order valence-corrected chi connectivity index (χ2v) is 6.08. The molecule has 22 heavy (non-hydrogen) atoms. The molecule has 0 amide bonds. The van der Waals surface area contributed by atoms with Gasteiger partial charge in [0.25, 0.3) is 5.56 Å². The van der Waals surface area contributed by atoms with Crippen molar-refractivity contribution in [1.29, 1.82) is 0 Å². The first-order valence-electron chi connectivity index (χ1n) is 6.58. The van der Waals surface area contributed by atoms with E-state index in [9.17, 15) is 9.18 Å². The number of fused-ring (bicyclic) bond motifs is 1. The second kappa shape index (κ2) is 5.98. The summed E-state index contributed by atoms with van der Waals surface area (Å²) >= 11 is 7.40. The van der Waals surface area contributed by atoms with Crippen LogP contribution in [0.5, 0.6) is 0 Å². The maximum absolute atomic E-state index is 13.7. The van der Waals surface area contributed by atoms with Crippen LogP contribution in [0.4, 0.5) is 4.39 Å². The van der Waals surface area contributed by atoms with Crippen molar-refractivity contribution in [1.82, 2.24) is 9.66 Å². The molecule has 0 saturated heterocycles. The molecule has 0 bridgehead atoms. The van der Waals surface area contributed by atoms with Gasteiger partial charge in [-0.1, -0.05) is 24.6 Å². The van der Waals surface area contributed by atoms with E-state index in [1.807, 2.05) is 13.0 Å². The van der Waals surface area contributed by atoms with Gasteiger partial charge in [-0.25, -0.2) is 9.37 Å². The average molecular weight is 336 g/mol. The van der Waals surface area contributed by atoms with Gasteiger partial charge in [-0.3, -0.25) is 4.79 Å². The minimum atomic E-state index is -0.498. The standard InChI is InChI=1S/C15H11ClFN3OS/c1-2-9-6-10-14(22-9)18-8-20(15(10)21)19-7-11-12(16)4-3-5-13(11)17/h3-8H,2H2,1H3/b19-7-. The van der Waals surface area contributed by atoms with E-state index in [4.69, 9.17) is 11.6 Å². The number of aromatic nitrogens is 2. The Morgan fingerprint density at radius 2 is 2.32 bits per heavy atom. The number of benzene rings is 1. The van der Waals surface area contributed by atoms with Crippen LogP contribution in [0.15, 0.2) is 40.5 Å². The van der Waals surface area contributed by atoms with Crippen molar-refractivity contribution in [2.75, 3.05) is 0 Å². The Balaban J connectivity index is 2.06. The fourth-order valence-electron chi connectivity index (χ4n) is 1.97. The molecular weight excluding hydrogens is 325 g/mol. The van der Waals surface area contributed by atoms with E-state index in [0.717, 1.165) is 16.0 Å². The zero-order chi connectivity index (χ0) is 15.7. The van der Waals surface area contributed by atoms with Crippen molar-refractivity contribution < 1.29 is 4.39 Å². The van der Waals surface area contributed by atoms with Crippen molar-refractivity contribution in [2.24, 2.45) is 5.10 Å². The van der Waals surface area contributed by atoms with Crippen LogP contribution in [-0.4, -0.2) is 15.9 Å². The normalized spacial score (nSPS) is 11.6. The van der Waals surface area contributed by atoms with Gasteiger partial charge < -0.3 is 0 Å². The molecule has 2 heterocycles. The molecule has 0 atom stereocenters. The Kier molecular flexibility index (Phi) is 4.04. The number of nitrogens with zero attached hydrogens (tertiary/aromatic N) is 3. The van der Waals surface area contributed by atoms with Gasteiger partial charge in [0, 0.05) is 10.4 Å². The van der Waals surface area contributed by atoms with Crippen LogP contribution in [0, 0.1) is 5.82 Å². The van der Waals surface area contributed by atoms with E-state index in [0.29, 0.717) is 10.2 Å². The first-order valence-corrected chi connectivity index (χ1v) is 7.78. The van der Waals surface area contributed by atoms with Crippen molar-refractivity contribution in [2.45, 2.75) is 13.3 Å². The Morgan fingerprint density at radius 1 is 1.50 bits per heavy atom. The molecule has 0 aliphatic carbocycles. The first-order chi connectivity index (χ1) is 10.6. The van der Waals surface area contributed by atoms with Crippen molar-refractivity contribution in [3.8, 4) is 0 Å². The molecule has 0 N–H and O–H groups in total. The smallest absolute Gasteiger partial charge is 0.267 e. The Morgan fingerprint density at radius 3 is 3.05 bits per heavy atom. The fraction of sp³-hybridized carbons (Fsp3) is 0.133. The maximum Gasteiger partial charge on any atom is 0.282 e. The molecule has 0 aliphatic rings. The second-order valence-electron chi connectivity index (χ2n) is 4.56. The molecule has 0 spiro atoms. The maximum atomic E-state index is 13.7. The SMILES string of the molecule is CCc1cc2c(=O)n(/N=C\c3c(F)cccc3Cl)cnc2s1. The Bertz CT molecular complexity index is 912. The topological polar surface area (TPSA) is 47.2 Å². The largest absolute Gasteiger partial charge is 0.282 e. The van der Waals surface area contributed by atoms with Crippen LogP contribution >= 0.6 is 22.9 Å². The highest BCUT2D eigenvalue weighted by Crippen LogP contribution is 2.21. The summed E-state index contributed by atoms with van der Waals surface area (Å²) in [5.41, 5.74) is -0.152. The van der Waals surface area contributed by atoms with Crippen LogP contribution < -0.4 is 5.56 Å². The first kappa shape index (κ1) is 14.9.